The lowest BCUT2D eigenvalue weighted by atomic mass is 10.0. The van der Waals surface area contributed by atoms with Crippen LogP contribution in [0.15, 0.2) is 23.3 Å². The summed E-state index contributed by atoms with van der Waals surface area (Å²) < 4.78 is 11.4. The van der Waals surface area contributed by atoms with Crippen LogP contribution < -0.4 is 0 Å². The maximum absolute atomic E-state index is 12.5. The van der Waals surface area contributed by atoms with Crippen LogP contribution in [0.25, 0.3) is 0 Å². The molecule has 0 heterocycles. The summed E-state index contributed by atoms with van der Waals surface area (Å²) in [6, 6.07) is 0. The van der Waals surface area contributed by atoms with E-state index in [1.165, 1.54) is 31.9 Å². The number of carbonyl (C=O) groups excluding carboxylic acids is 2. The number of ether oxygens (including phenoxy) is 1. The number of hydrogen-bond donors (Lipinski definition) is 0. The summed E-state index contributed by atoms with van der Waals surface area (Å²) in [5.74, 6) is 0.173. The lowest BCUT2D eigenvalue weighted by Gasteiger charge is -2.38. The second kappa shape index (κ2) is 14.1. The molecule has 5 heteroatoms. The van der Waals surface area contributed by atoms with Crippen LogP contribution in [-0.2, 0) is 18.8 Å². The van der Waals surface area contributed by atoms with E-state index in [-0.39, 0.29) is 17.1 Å². The van der Waals surface area contributed by atoms with Crippen LogP contribution in [0.5, 0.6) is 0 Å². The van der Waals surface area contributed by atoms with Crippen molar-refractivity contribution in [3.8, 4) is 0 Å². The minimum Gasteiger partial charge on any atom is -0.469 e. The van der Waals surface area contributed by atoms with E-state index in [9.17, 15) is 9.59 Å². The number of rotatable bonds is 15. The van der Waals surface area contributed by atoms with Gasteiger partial charge in [-0.15, -0.1) is 0 Å². The minimum absolute atomic E-state index is 0.130. The van der Waals surface area contributed by atoms with Gasteiger partial charge in [0.05, 0.1) is 13.2 Å². The molecule has 4 nitrogen and oxygen atoms in total. The van der Waals surface area contributed by atoms with Crippen molar-refractivity contribution in [1.29, 1.82) is 0 Å². The predicted molar refractivity (Wildman–Crippen MR) is 136 cm³/mol. The molecule has 32 heavy (non-hydrogen) atoms. The van der Waals surface area contributed by atoms with E-state index >= 15 is 0 Å². The van der Waals surface area contributed by atoms with Crippen molar-refractivity contribution >= 4 is 20.1 Å². The fraction of sp³-hybridized carbons (Fsp3) is 0.778. The maximum atomic E-state index is 12.5. The van der Waals surface area contributed by atoms with Crippen LogP contribution in [0.2, 0.25) is 18.1 Å². The zero-order valence-corrected chi connectivity index (χ0v) is 22.9. The number of ketones is 1. The molecular weight excluding hydrogens is 416 g/mol. The Bertz CT molecular complexity index is 655. The van der Waals surface area contributed by atoms with Gasteiger partial charge in [0.2, 0.25) is 0 Å². The van der Waals surface area contributed by atoms with Crippen molar-refractivity contribution in [3.05, 3.63) is 23.3 Å². The molecule has 0 saturated heterocycles. The zero-order chi connectivity index (χ0) is 24.2. The van der Waals surface area contributed by atoms with Crippen molar-refractivity contribution in [3.63, 3.8) is 0 Å². The largest absolute Gasteiger partial charge is 0.469 e. The highest BCUT2D eigenvalue weighted by Crippen LogP contribution is 2.38. The third kappa shape index (κ3) is 10.2. The smallest absolute Gasteiger partial charge is 0.305 e. The fourth-order valence-corrected chi connectivity index (χ4v) is 5.12. The van der Waals surface area contributed by atoms with Gasteiger partial charge in [-0.25, -0.2) is 0 Å². The van der Waals surface area contributed by atoms with E-state index in [4.69, 9.17) is 4.43 Å². The molecule has 0 aromatic rings. The highest BCUT2D eigenvalue weighted by molar-refractivity contribution is 6.74. The van der Waals surface area contributed by atoms with Crippen molar-refractivity contribution in [2.45, 2.75) is 129 Å². The standard InChI is InChI=1S/C27H48O4Si/c1-8-9-12-15-23(31-32(6,7)27(2,3)4)20-18-22-19-21-25(28)24(22)16-13-10-11-14-17-26(29)30-5/h18,20,23H,8-17,19,21H2,1-7H3/b20-18+/t23-/m0/s1. The normalized spacial score (nSPS) is 16.3. The summed E-state index contributed by atoms with van der Waals surface area (Å²) in [5, 5.41) is 0.186. The lowest BCUT2D eigenvalue weighted by molar-refractivity contribution is -0.140. The van der Waals surface area contributed by atoms with Gasteiger partial charge in [0.25, 0.3) is 0 Å². The van der Waals surface area contributed by atoms with E-state index in [2.05, 4.69) is 57.7 Å². The molecule has 0 aliphatic heterocycles. The number of carbonyl (C=O) groups is 2. The van der Waals surface area contributed by atoms with Gasteiger partial charge in [0.1, 0.15) is 0 Å². The summed E-state index contributed by atoms with van der Waals surface area (Å²) in [6.07, 6.45) is 16.0. The molecule has 0 saturated carbocycles. The van der Waals surface area contributed by atoms with Gasteiger partial charge < -0.3 is 9.16 Å². The van der Waals surface area contributed by atoms with Gasteiger partial charge in [-0.2, -0.15) is 0 Å². The van der Waals surface area contributed by atoms with Gasteiger partial charge in [-0.1, -0.05) is 72.0 Å². The highest BCUT2D eigenvalue weighted by Gasteiger charge is 2.38. The Morgan fingerprint density at radius 2 is 1.75 bits per heavy atom. The first-order valence-corrected chi connectivity index (χ1v) is 15.6. The Morgan fingerprint density at radius 1 is 1.06 bits per heavy atom. The summed E-state index contributed by atoms with van der Waals surface area (Å²) in [4.78, 5) is 23.7. The SMILES string of the molecule is CCCCC[C@@H](/C=C/C1=C(CCCCCCC(=O)OC)C(=O)CC1)O[Si](C)(C)C(C)(C)C. The summed E-state index contributed by atoms with van der Waals surface area (Å²) >= 11 is 0. The Balaban J connectivity index is 2.74. The number of hydrogen-bond acceptors (Lipinski definition) is 4. The van der Waals surface area contributed by atoms with E-state index in [0.717, 1.165) is 50.5 Å². The van der Waals surface area contributed by atoms with E-state index in [1.54, 1.807) is 0 Å². The first-order valence-electron chi connectivity index (χ1n) is 12.7. The number of allylic oxidation sites excluding steroid dienone is 3. The molecule has 0 amide bonds. The van der Waals surface area contributed by atoms with Gasteiger partial charge in [-0.05, 0) is 61.4 Å². The van der Waals surface area contributed by atoms with Crippen molar-refractivity contribution < 1.29 is 18.8 Å². The van der Waals surface area contributed by atoms with Crippen LogP contribution in [0.1, 0.15) is 105 Å². The van der Waals surface area contributed by atoms with Crippen LogP contribution in [0.4, 0.5) is 0 Å². The van der Waals surface area contributed by atoms with Crippen LogP contribution in [0, 0.1) is 0 Å². The number of esters is 1. The van der Waals surface area contributed by atoms with Crippen LogP contribution in [0.3, 0.4) is 0 Å². The molecule has 184 valence electrons. The Hall–Kier alpha value is -1.20. The minimum atomic E-state index is -1.85. The van der Waals surface area contributed by atoms with Gasteiger partial charge >= 0.3 is 5.97 Å². The molecule has 1 rings (SSSR count). The fourth-order valence-electron chi connectivity index (χ4n) is 3.81. The Kier molecular flexibility index (Phi) is 12.7. The molecule has 0 N–H and O–H groups in total. The molecule has 0 spiro atoms. The molecular formula is C27H48O4Si. The third-order valence-electron chi connectivity index (χ3n) is 6.99. The first kappa shape index (κ1) is 28.8. The lowest BCUT2D eigenvalue weighted by Crippen LogP contribution is -2.43. The quantitative estimate of drug-likeness (QED) is 0.142. The second-order valence-electron chi connectivity index (χ2n) is 10.7. The van der Waals surface area contributed by atoms with Gasteiger partial charge in [-0.3, -0.25) is 9.59 Å². The summed E-state index contributed by atoms with van der Waals surface area (Å²) in [6.45, 7) is 13.7. The molecule has 0 radical (unpaired) electrons. The maximum Gasteiger partial charge on any atom is 0.305 e. The first-order chi connectivity index (χ1) is 15.0. The summed E-state index contributed by atoms with van der Waals surface area (Å²) in [7, 11) is -0.416. The molecule has 0 aromatic heterocycles. The van der Waals surface area contributed by atoms with E-state index in [1.807, 2.05) is 0 Å². The number of methoxy groups -OCH3 is 1. The van der Waals surface area contributed by atoms with Gasteiger partial charge in [0.15, 0.2) is 14.1 Å². The topological polar surface area (TPSA) is 52.6 Å². The van der Waals surface area contributed by atoms with Crippen molar-refractivity contribution in [2.24, 2.45) is 0 Å². The zero-order valence-electron chi connectivity index (χ0n) is 21.9. The van der Waals surface area contributed by atoms with Crippen molar-refractivity contribution in [2.75, 3.05) is 7.11 Å². The summed E-state index contributed by atoms with van der Waals surface area (Å²) in [5.41, 5.74) is 2.23. The van der Waals surface area contributed by atoms with Crippen LogP contribution in [-0.4, -0.2) is 33.3 Å². The Labute approximate surface area is 198 Å². The van der Waals surface area contributed by atoms with Crippen LogP contribution >= 0.6 is 0 Å². The molecule has 1 aliphatic carbocycles. The average Bonchev–Trinajstić information content (AvgIpc) is 3.07. The third-order valence-corrected chi connectivity index (χ3v) is 11.5. The highest BCUT2D eigenvalue weighted by atomic mass is 28.4. The number of Topliss-reactive ketones (excluding diaryl/α,β-unsaturated/α-hetero) is 1. The average molecular weight is 465 g/mol. The molecule has 1 atom stereocenters. The van der Waals surface area contributed by atoms with Gasteiger partial charge in [0, 0.05) is 12.8 Å². The molecule has 0 unspecified atom stereocenters. The monoisotopic (exact) mass is 464 g/mol. The molecule has 1 aliphatic rings. The van der Waals surface area contributed by atoms with E-state index in [0.29, 0.717) is 18.6 Å². The Morgan fingerprint density at radius 3 is 2.38 bits per heavy atom. The molecule has 0 aromatic carbocycles. The predicted octanol–water partition coefficient (Wildman–Crippen LogP) is 7.69. The number of unbranched alkanes of at least 4 members (excludes halogenated alkanes) is 5. The second-order valence-corrected chi connectivity index (χ2v) is 15.4. The molecule has 0 bridgehead atoms. The molecule has 0 fully saturated rings. The van der Waals surface area contributed by atoms with E-state index < -0.39 is 8.32 Å². The van der Waals surface area contributed by atoms with Crippen molar-refractivity contribution in [1.82, 2.24) is 0 Å².